The van der Waals surface area contributed by atoms with E-state index in [0.29, 0.717) is 6.17 Å². The predicted octanol–water partition coefficient (Wildman–Crippen LogP) is 1.27. The van der Waals surface area contributed by atoms with Crippen molar-refractivity contribution in [2.45, 2.75) is 40.3 Å². The number of nitrogens with zero attached hydrogens (tertiary/aromatic N) is 2. The predicted molar refractivity (Wildman–Crippen MR) is 73.3 cm³/mol. The average molecular weight is 228 g/mol. The van der Waals surface area contributed by atoms with Gasteiger partial charge in [0.05, 0.1) is 6.17 Å². The van der Waals surface area contributed by atoms with Crippen LogP contribution in [0.4, 0.5) is 0 Å². The molecule has 0 aliphatic heterocycles. The zero-order valence-corrected chi connectivity index (χ0v) is 13.2. The molecule has 0 aromatic rings. The Morgan fingerprint density at radius 3 is 1.60 bits per heavy atom. The molecule has 0 spiro atoms. The fourth-order valence-corrected chi connectivity index (χ4v) is 2.35. The van der Waals surface area contributed by atoms with Crippen LogP contribution in [0.3, 0.4) is 0 Å². The average Bonchev–Trinajstić information content (AvgIpc) is 2.28. The highest BCUT2D eigenvalue weighted by molar-refractivity contribution is 6.16. The molecule has 3 heteroatoms. The van der Waals surface area contributed by atoms with Gasteiger partial charge in [0.15, 0.2) is 0 Å². The van der Waals surface area contributed by atoms with Crippen molar-refractivity contribution in [3.63, 3.8) is 0 Å². The summed E-state index contributed by atoms with van der Waals surface area (Å²) in [5.74, 6) is 0. The van der Waals surface area contributed by atoms with Crippen molar-refractivity contribution in [2.75, 3.05) is 26.2 Å². The first-order valence-corrected chi connectivity index (χ1v) is 7.49. The molecular formula is C12H28N2Si. The van der Waals surface area contributed by atoms with Gasteiger partial charge in [-0.05, 0) is 32.6 Å². The summed E-state index contributed by atoms with van der Waals surface area (Å²) < 4.78 is 0. The molecule has 0 fully saturated rings. The molecule has 90 valence electrons. The van der Waals surface area contributed by atoms with Crippen LogP contribution in [0.5, 0.6) is 0 Å². The Hall–Kier alpha value is -0.123. The quantitative estimate of drug-likeness (QED) is 0.456. The highest BCUT2D eigenvalue weighted by Gasteiger charge is 2.19. The Kier molecular flexibility index (Phi) is 9.05. The largest absolute Gasteiger partial charge is 0.288 e. The first kappa shape index (κ1) is 14.9. The molecule has 0 amide bonds. The van der Waals surface area contributed by atoms with Gasteiger partial charge in [0.25, 0.3) is 0 Å². The lowest BCUT2D eigenvalue weighted by Gasteiger charge is -2.37. The van der Waals surface area contributed by atoms with E-state index in [4.69, 9.17) is 0 Å². The van der Waals surface area contributed by atoms with E-state index in [1.165, 1.54) is 16.7 Å². The molecule has 15 heavy (non-hydrogen) atoms. The Morgan fingerprint density at radius 2 is 1.33 bits per heavy atom. The zero-order valence-electron chi connectivity index (χ0n) is 11.2. The van der Waals surface area contributed by atoms with Crippen molar-refractivity contribution in [3.8, 4) is 0 Å². The van der Waals surface area contributed by atoms with Crippen LogP contribution in [0.2, 0.25) is 0 Å². The molecule has 0 aliphatic carbocycles. The number of rotatable bonds is 8. The van der Waals surface area contributed by atoms with Gasteiger partial charge in [-0.2, -0.15) is 0 Å². The second-order valence-corrected chi connectivity index (χ2v) is 4.39. The van der Waals surface area contributed by atoms with E-state index < -0.39 is 0 Å². The molecule has 0 saturated heterocycles. The van der Waals surface area contributed by atoms with Gasteiger partial charge in [0.1, 0.15) is 0 Å². The van der Waals surface area contributed by atoms with Gasteiger partial charge in [-0.25, -0.2) is 0 Å². The van der Waals surface area contributed by atoms with E-state index in [1.807, 2.05) is 0 Å². The molecular weight excluding hydrogens is 200 g/mol. The van der Waals surface area contributed by atoms with Crippen molar-refractivity contribution < 1.29 is 0 Å². The van der Waals surface area contributed by atoms with Crippen molar-refractivity contribution in [2.24, 2.45) is 0 Å². The van der Waals surface area contributed by atoms with Crippen molar-refractivity contribution in [3.05, 3.63) is 11.8 Å². The maximum atomic E-state index is 2.55. The van der Waals surface area contributed by atoms with E-state index in [0.717, 1.165) is 26.2 Å². The summed E-state index contributed by atoms with van der Waals surface area (Å²) in [4.78, 5) is 5.10. The normalized spacial score (nSPS) is 12.7. The lowest BCUT2D eigenvalue weighted by molar-refractivity contribution is 0.0590. The maximum absolute atomic E-state index is 2.55. The van der Waals surface area contributed by atoms with Crippen LogP contribution in [-0.2, 0) is 0 Å². The van der Waals surface area contributed by atoms with Crippen molar-refractivity contribution in [1.29, 1.82) is 0 Å². The van der Waals surface area contributed by atoms with Gasteiger partial charge in [0, 0.05) is 10.2 Å². The smallest absolute Gasteiger partial charge is 0.0657 e. The molecule has 0 rings (SSSR count). The lowest BCUT2D eigenvalue weighted by atomic mass is 10.2. The van der Waals surface area contributed by atoms with Crippen LogP contribution >= 0.6 is 0 Å². The zero-order chi connectivity index (χ0) is 11.7. The SMILES string of the molecule is CCN(CC)C(CC=C[SiH3])N(CC)CC. The van der Waals surface area contributed by atoms with Gasteiger partial charge in [0.2, 0.25) is 0 Å². The van der Waals surface area contributed by atoms with Crippen molar-refractivity contribution >= 4 is 10.2 Å². The summed E-state index contributed by atoms with van der Waals surface area (Å²) in [6, 6.07) is 0. The molecule has 0 aromatic carbocycles. The second-order valence-electron chi connectivity index (χ2n) is 3.73. The molecule has 0 radical (unpaired) electrons. The van der Waals surface area contributed by atoms with Crippen LogP contribution in [0.15, 0.2) is 11.8 Å². The summed E-state index contributed by atoms with van der Waals surface area (Å²) >= 11 is 0. The van der Waals surface area contributed by atoms with E-state index in [-0.39, 0.29) is 0 Å². The monoisotopic (exact) mass is 228 g/mol. The Balaban J connectivity index is 4.51. The Labute approximate surface area is 98.8 Å². The van der Waals surface area contributed by atoms with Crippen LogP contribution in [0, 0.1) is 0 Å². The molecule has 2 nitrogen and oxygen atoms in total. The first-order valence-electron chi connectivity index (χ1n) is 6.34. The topological polar surface area (TPSA) is 6.48 Å². The van der Waals surface area contributed by atoms with E-state index in [2.05, 4.69) is 49.3 Å². The third-order valence-electron chi connectivity index (χ3n) is 3.05. The van der Waals surface area contributed by atoms with Crippen LogP contribution in [-0.4, -0.2) is 52.4 Å². The van der Waals surface area contributed by atoms with Gasteiger partial charge in [-0.3, -0.25) is 9.80 Å². The standard InChI is InChI=1S/C12H28N2Si/c1-5-13(6-2)12(10-9-11-15)14(7-3)8-4/h9,11-12H,5-8,10H2,1-4,15H3. The van der Waals surface area contributed by atoms with Gasteiger partial charge in [-0.1, -0.05) is 33.8 Å². The molecule has 0 bridgehead atoms. The fraction of sp³-hybridized carbons (Fsp3) is 0.833. The Bertz CT molecular complexity index is 151. The van der Waals surface area contributed by atoms with E-state index in [1.54, 1.807) is 0 Å². The molecule has 0 aromatic heterocycles. The number of hydrogen-bond donors (Lipinski definition) is 0. The summed E-state index contributed by atoms with van der Waals surface area (Å²) in [5.41, 5.74) is 2.29. The third kappa shape index (κ3) is 4.95. The van der Waals surface area contributed by atoms with Crippen LogP contribution in [0.25, 0.3) is 0 Å². The maximum Gasteiger partial charge on any atom is 0.0657 e. The Morgan fingerprint density at radius 1 is 0.933 bits per heavy atom. The van der Waals surface area contributed by atoms with Gasteiger partial charge >= 0.3 is 0 Å². The van der Waals surface area contributed by atoms with E-state index in [9.17, 15) is 0 Å². The molecule has 0 unspecified atom stereocenters. The molecule has 0 heterocycles. The summed E-state index contributed by atoms with van der Waals surface area (Å²) in [6.07, 6.45) is 4.11. The van der Waals surface area contributed by atoms with Crippen molar-refractivity contribution in [1.82, 2.24) is 9.80 Å². The third-order valence-corrected chi connectivity index (χ3v) is 3.52. The second kappa shape index (κ2) is 9.13. The minimum Gasteiger partial charge on any atom is -0.288 e. The highest BCUT2D eigenvalue weighted by Crippen LogP contribution is 2.10. The van der Waals surface area contributed by atoms with E-state index >= 15 is 0 Å². The number of hydrogen-bond acceptors (Lipinski definition) is 2. The fourth-order valence-electron chi connectivity index (χ4n) is 2.08. The molecule has 0 atom stereocenters. The molecule has 0 N–H and O–H groups in total. The lowest BCUT2D eigenvalue weighted by Crippen LogP contribution is -2.48. The first-order chi connectivity index (χ1) is 7.24. The summed E-state index contributed by atoms with van der Waals surface area (Å²) in [6.45, 7) is 13.6. The molecule has 0 saturated carbocycles. The minimum absolute atomic E-state index is 0.597. The van der Waals surface area contributed by atoms with Crippen LogP contribution in [0.1, 0.15) is 34.1 Å². The summed E-state index contributed by atoms with van der Waals surface area (Å²) in [5, 5.41) is 0. The van der Waals surface area contributed by atoms with Crippen LogP contribution < -0.4 is 0 Å². The highest BCUT2D eigenvalue weighted by atomic mass is 28.1. The minimum atomic E-state index is 0.597. The summed E-state index contributed by atoms with van der Waals surface area (Å²) in [7, 11) is 1.17. The molecule has 0 aliphatic rings. The van der Waals surface area contributed by atoms with Gasteiger partial charge in [-0.15, -0.1) is 5.70 Å². The van der Waals surface area contributed by atoms with Gasteiger partial charge < -0.3 is 0 Å².